The number of fused-ring (bicyclic) bond motifs is 6. The molecule has 11 rings (SSSR count). The minimum Gasteiger partial charge on any atom is -0.299 e. The summed E-state index contributed by atoms with van der Waals surface area (Å²) in [5.41, 5.74) is 10.0. The molecular weight excluding hydrogens is 783 g/mol. The highest BCUT2D eigenvalue weighted by atomic mass is 19.1. The summed E-state index contributed by atoms with van der Waals surface area (Å²) in [5.74, 6) is -0.360. The Balaban J connectivity index is 0.000000149. The van der Waals surface area contributed by atoms with Crippen LogP contribution in [0.2, 0.25) is 0 Å². The number of hydrogen-bond acceptors (Lipinski definition) is 8. The van der Waals surface area contributed by atoms with E-state index in [-0.39, 0.29) is 34.5 Å². The lowest BCUT2D eigenvalue weighted by molar-refractivity contribution is -0.120. The number of halogens is 2. The van der Waals surface area contributed by atoms with Crippen molar-refractivity contribution in [3.63, 3.8) is 0 Å². The molecule has 0 aliphatic heterocycles. The van der Waals surface area contributed by atoms with Gasteiger partial charge in [0.15, 0.2) is 17.1 Å². The smallest absolute Gasteiger partial charge is 0.163 e. The molecule has 0 saturated heterocycles. The fourth-order valence-electron chi connectivity index (χ4n) is 9.46. The normalized spacial score (nSPS) is 18.5. The van der Waals surface area contributed by atoms with Gasteiger partial charge in [0, 0.05) is 77.0 Å². The summed E-state index contributed by atoms with van der Waals surface area (Å²) >= 11 is 0. The number of nitrogens with zero attached hydrogens (tertiary/aromatic N) is 8. The first-order chi connectivity index (χ1) is 30.3. The Hall–Kier alpha value is -7.08. The van der Waals surface area contributed by atoms with E-state index in [1.165, 1.54) is 35.4 Å². The molecule has 2 unspecified atom stereocenters. The van der Waals surface area contributed by atoms with Gasteiger partial charge in [0.2, 0.25) is 0 Å². The van der Waals surface area contributed by atoms with Crippen LogP contribution in [0.1, 0.15) is 78.3 Å². The summed E-state index contributed by atoms with van der Waals surface area (Å²) < 4.78 is 30.2. The summed E-state index contributed by atoms with van der Waals surface area (Å²) in [6.07, 6.45) is 16.4. The number of benzene rings is 2. The van der Waals surface area contributed by atoms with Crippen molar-refractivity contribution in [2.45, 2.75) is 75.5 Å². The van der Waals surface area contributed by atoms with E-state index < -0.39 is 0 Å². The fraction of sp³-hybridized carbons (Fsp3) is 0.240. The molecule has 6 aromatic heterocycles. The van der Waals surface area contributed by atoms with E-state index in [1.807, 2.05) is 54.9 Å². The van der Waals surface area contributed by atoms with Crippen LogP contribution in [0.3, 0.4) is 0 Å². The quantitative estimate of drug-likeness (QED) is 0.152. The van der Waals surface area contributed by atoms with Crippen molar-refractivity contribution in [2.75, 3.05) is 0 Å². The topological polar surface area (TPSA) is 121 Å². The Labute approximate surface area is 356 Å². The highest BCUT2D eigenvalue weighted by Gasteiger charge is 2.43. The Morgan fingerprint density at radius 1 is 0.645 bits per heavy atom. The molecule has 0 spiro atoms. The molecule has 2 aromatic carbocycles. The van der Waals surface area contributed by atoms with Gasteiger partial charge >= 0.3 is 0 Å². The molecule has 12 heteroatoms. The zero-order valence-corrected chi connectivity index (χ0v) is 33.9. The number of pyridine rings is 4. The van der Waals surface area contributed by atoms with Crippen molar-refractivity contribution in [1.82, 2.24) is 39.5 Å². The second-order valence-corrected chi connectivity index (χ2v) is 16.4. The molecule has 10 nitrogen and oxygen atoms in total. The monoisotopic (exact) mass is 824 g/mol. The SMILES string of the molecule is O=C1C=C2CCCc3nc4c(cnn4-c4ccc(F)cc4)cc3C2(Cc2ccccn2)CC1.O=C1CCCc2nc3c(cnn3-c3ccc(F)cc3)cc2C1Cc1ccccn1. The number of aromatic nitrogens is 8. The molecule has 0 radical (unpaired) electrons. The number of allylic oxidation sites excluding steroid dienone is 2. The predicted octanol–water partition coefficient (Wildman–Crippen LogP) is 9.25. The first kappa shape index (κ1) is 39.1. The molecule has 308 valence electrons. The van der Waals surface area contributed by atoms with Crippen molar-refractivity contribution in [1.29, 1.82) is 0 Å². The maximum Gasteiger partial charge on any atom is 0.163 e. The molecule has 3 aliphatic rings. The lowest BCUT2D eigenvalue weighted by Crippen LogP contribution is -2.36. The third kappa shape index (κ3) is 7.50. The van der Waals surface area contributed by atoms with E-state index in [4.69, 9.17) is 9.97 Å². The zero-order chi connectivity index (χ0) is 42.2. The van der Waals surface area contributed by atoms with Crippen LogP contribution in [0.5, 0.6) is 0 Å². The predicted molar refractivity (Wildman–Crippen MR) is 231 cm³/mol. The lowest BCUT2D eigenvalue weighted by Gasteiger charge is -2.39. The van der Waals surface area contributed by atoms with Gasteiger partial charge in [-0.1, -0.05) is 17.7 Å². The van der Waals surface area contributed by atoms with Crippen LogP contribution in [-0.2, 0) is 40.7 Å². The van der Waals surface area contributed by atoms with Gasteiger partial charge in [-0.3, -0.25) is 19.6 Å². The first-order valence-corrected chi connectivity index (χ1v) is 21.2. The minimum absolute atomic E-state index is 0.211. The number of Topliss-reactive ketones (excluding diaryl/α,β-unsaturated/α-hetero) is 1. The molecule has 0 amide bonds. The van der Waals surface area contributed by atoms with Gasteiger partial charge in [0.25, 0.3) is 0 Å². The van der Waals surface area contributed by atoms with Crippen LogP contribution in [-0.4, -0.2) is 51.1 Å². The molecule has 8 aromatic rings. The van der Waals surface area contributed by atoms with Crippen LogP contribution in [0.15, 0.2) is 133 Å². The van der Waals surface area contributed by atoms with Gasteiger partial charge in [-0.25, -0.2) is 28.1 Å². The van der Waals surface area contributed by atoms with E-state index in [0.717, 1.165) is 107 Å². The fourth-order valence-corrected chi connectivity index (χ4v) is 9.46. The van der Waals surface area contributed by atoms with Crippen LogP contribution < -0.4 is 0 Å². The van der Waals surface area contributed by atoms with Gasteiger partial charge in [-0.2, -0.15) is 10.2 Å². The molecular formula is C50H42F2N8O2. The first-order valence-electron chi connectivity index (χ1n) is 21.2. The van der Waals surface area contributed by atoms with E-state index in [1.54, 1.807) is 46.0 Å². The van der Waals surface area contributed by atoms with Gasteiger partial charge in [0.1, 0.15) is 17.4 Å². The molecule has 6 heterocycles. The van der Waals surface area contributed by atoms with Gasteiger partial charge in [-0.15, -0.1) is 0 Å². The van der Waals surface area contributed by atoms with Crippen molar-refractivity contribution >= 4 is 33.6 Å². The van der Waals surface area contributed by atoms with E-state index in [2.05, 4.69) is 32.3 Å². The Morgan fingerprint density at radius 2 is 1.24 bits per heavy atom. The highest BCUT2D eigenvalue weighted by molar-refractivity contribution is 5.92. The summed E-state index contributed by atoms with van der Waals surface area (Å²) in [6.45, 7) is 0. The zero-order valence-electron chi connectivity index (χ0n) is 33.9. The van der Waals surface area contributed by atoms with E-state index in [0.29, 0.717) is 19.3 Å². The summed E-state index contributed by atoms with van der Waals surface area (Å²) in [6, 6.07) is 28.5. The maximum absolute atomic E-state index is 13.4. The highest BCUT2D eigenvalue weighted by Crippen LogP contribution is 2.48. The molecule has 2 atom stereocenters. The average Bonchev–Trinajstić information content (AvgIpc) is 3.83. The Morgan fingerprint density at radius 3 is 1.89 bits per heavy atom. The molecule has 0 bridgehead atoms. The van der Waals surface area contributed by atoms with Crippen molar-refractivity contribution < 1.29 is 18.4 Å². The largest absolute Gasteiger partial charge is 0.299 e. The summed E-state index contributed by atoms with van der Waals surface area (Å²) in [4.78, 5) is 44.3. The van der Waals surface area contributed by atoms with Crippen molar-refractivity contribution in [2.24, 2.45) is 0 Å². The molecule has 0 saturated carbocycles. The third-order valence-corrected chi connectivity index (χ3v) is 12.5. The third-order valence-electron chi connectivity index (χ3n) is 12.5. The number of aryl methyl sites for hydroxylation is 2. The summed E-state index contributed by atoms with van der Waals surface area (Å²) in [5, 5.41) is 10.8. The second kappa shape index (κ2) is 16.4. The molecule has 62 heavy (non-hydrogen) atoms. The van der Waals surface area contributed by atoms with Crippen LogP contribution >= 0.6 is 0 Å². The van der Waals surface area contributed by atoms with E-state index in [9.17, 15) is 18.4 Å². The number of hydrogen-bond donors (Lipinski definition) is 0. The number of carbonyl (C=O) groups is 2. The van der Waals surface area contributed by atoms with Crippen LogP contribution in [0.25, 0.3) is 33.4 Å². The van der Waals surface area contributed by atoms with Gasteiger partial charge in [-0.05, 0) is 141 Å². The number of carbonyl (C=O) groups excluding carboxylic acids is 2. The van der Waals surface area contributed by atoms with Crippen molar-refractivity contribution in [3.05, 3.63) is 179 Å². The standard InChI is InChI=1S/C27H23FN4O.C23H19FN4O/c28-20-7-9-22(10-8-20)32-26-18(17-30-32)14-24-25(31-26)6-3-4-19-15-23(33)11-12-27(19,24)16-21-5-1-2-13-29-21;24-16-7-9-18(10-8-16)28-23-15(14-26-28)12-19-20(13-17-4-1-2-11-25-17)22(29)6-3-5-21(19)27-23/h1-2,5,7-10,13-15,17H,3-4,6,11-12,16H2;1-2,4,7-12,14,20H,3,5-6,13H2. The average molecular weight is 825 g/mol. The summed E-state index contributed by atoms with van der Waals surface area (Å²) in [7, 11) is 0. The lowest BCUT2D eigenvalue weighted by atomic mass is 9.64. The minimum atomic E-state index is -0.289. The Kier molecular flexibility index (Phi) is 10.3. The second-order valence-electron chi connectivity index (χ2n) is 16.4. The van der Waals surface area contributed by atoms with E-state index >= 15 is 0 Å². The van der Waals surface area contributed by atoms with Crippen LogP contribution in [0, 0.1) is 11.6 Å². The van der Waals surface area contributed by atoms with Crippen molar-refractivity contribution in [3.8, 4) is 11.4 Å². The Bertz CT molecular complexity index is 2980. The number of ketones is 2. The molecule has 0 fully saturated rings. The maximum atomic E-state index is 13.4. The van der Waals surface area contributed by atoms with Crippen LogP contribution in [0.4, 0.5) is 8.78 Å². The molecule has 0 N–H and O–H groups in total. The van der Waals surface area contributed by atoms with Gasteiger partial charge in [0.05, 0.1) is 29.7 Å². The number of rotatable bonds is 6. The van der Waals surface area contributed by atoms with Gasteiger partial charge < -0.3 is 0 Å². The molecule has 3 aliphatic carbocycles.